The predicted molar refractivity (Wildman–Crippen MR) is 123 cm³/mol. The third-order valence-corrected chi connectivity index (χ3v) is 6.03. The van der Waals surface area contributed by atoms with Gasteiger partial charge in [0.15, 0.2) is 0 Å². The molecule has 2 aromatic carbocycles. The Labute approximate surface area is 187 Å². The van der Waals surface area contributed by atoms with E-state index < -0.39 is 18.0 Å². The van der Waals surface area contributed by atoms with Crippen LogP contribution in [-0.4, -0.2) is 46.8 Å². The summed E-state index contributed by atoms with van der Waals surface area (Å²) in [6.45, 7) is 4.43. The van der Waals surface area contributed by atoms with E-state index in [9.17, 15) is 9.59 Å². The molecule has 1 aliphatic rings. The Morgan fingerprint density at radius 3 is 2.29 bits per heavy atom. The monoisotopic (exact) mass is 448 g/mol. The van der Waals surface area contributed by atoms with Gasteiger partial charge in [-0.2, -0.15) is 0 Å². The van der Waals surface area contributed by atoms with Gasteiger partial charge in [0.05, 0.1) is 0 Å². The Morgan fingerprint density at radius 2 is 1.71 bits per heavy atom. The third-order valence-electron chi connectivity index (χ3n) is 4.93. The minimum atomic E-state index is -1.17. The van der Waals surface area contributed by atoms with Crippen LogP contribution in [0, 0.1) is 6.92 Å². The van der Waals surface area contributed by atoms with Crippen molar-refractivity contribution in [3.63, 3.8) is 0 Å². The molecule has 3 rings (SSSR count). The number of carboxylic acids is 2. The van der Waals surface area contributed by atoms with Crippen LogP contribution in [0.5, 0.6) is 0 Å². The molecule has 0 saturated carbocycles. The number of carbonyl (C=O) groups is 2. The summed E-state index contributed by atoms with van der Waals surface area (Å²) in [5, 5.41) is 19.7. The summed E-state index contributed by atoms with van der Waals surface area (Å²) in [6, 6.07) is 16.7. The normalized spacial score (nSPS) is 14.5. The first-order valence-electron chi connectivity index (χ1n) is 10.1. The van der Waals surface area contributed by atoms with Crippen molar-refractivity contribution in [2.24, 2.45) is 5.73 Å². The van der Waals surface area contributed by atoms with Crippen LogP contribution in [0.4, 0.5) is 0 Å². The first kappa shape index (κ1) is 26.6. The van der Waals surface area contributed by atoms with Crippen LogP contribution in [0.2, 0.25) is 0 Å². The SMILES string of the molecule is Cc1ccc(Sc2ccccc2C2CCNCC2)cc1.N[C@@H](CCC(=O)O)C(=O)O.O. The van der Waals surface area contributed by atoms with Crippen LogP contribution in [0.15, 0.2) is 58.3 Å². The van der Waals surface area contributed by atoms with Crippen molar-refractivity contribution >= 4 is 23.7 Å². The number of benzene rings is 2. The molecular formula is C23H32N2O5S. The molecule has 0 aliphatic carbocycles. The lowest BCUT2D eigenvalue weighted by Gasteiger charge is -2.24. The molecule has 8 heteroatoms. The van der Waals surface area contributed by atoms with Gasteiger partial charge in [-0.1, -0.05) is 47.7 Å². The second-order valence-electron chi connectivity index (χ2n) is 7.35. The van der Waals surface area contributed by atoms with Crippen molar-refractivity contribution in [3.05, 3.63) is 59.7 Å². The van der Waals surface area contributed by atoms with E-state index in [2.05, 4.69) is 60.8 Å². The molecule has 31 heavy (non-hydrogen) atoms. The number of piperidine rings is 1. The number of carboxylic acid groups (broad SMARTS) is 2. The van der Waals surface area contributed by atoms with Gasteiger partial charge in [-0.25, -0.2) is 0 Å². The van der Waals surface area contributed by atoms with Gasteiger partial charge in [-0.3, -0.25) is 9.59 Å². The molecule has 170 valence electrons. The largest absolute Gasteiger partial charge is 0.481 e. The summed E-state index contributed by atoms with van der Waals surface area (Å²) in [5.74, 6) is -1.48. The minimum absolute atomic E-state index is 0. The second kappa shape index (κ2) is 13.8. The van der Waals surface area contributed by atoms with Crippen LogP contribution in [0.25, 0.3) is 0 Å². The molecule has 2 aromatic rings. The van der Waals surface area contributed by atoms with Gasteiger partial charge >= 0.3 is 11.9 Å². The predicted octanol–water partition coefficient (Wildman–Crippen LogP) is 3.05. The van der Waals surface area contributed by atoms with Crippen molar-refractivity contribution in [2.75, 3.05) is 13.1 Å². The molecule has 1 aliphatic heterocycles. The molecule has 1 fully saturated rings. The summed E-state index contributed by atoms with van der Waals surface area (Å²) in [5.41, 5.74) is 7.85. The smallest absolute Gasteiger partial charge is 0.320 e. The van der Waals surface area contributed by atoms with Gasteiger partial charge in [-0.05, 0) is 69.0 Å². The highest BCUT2D eigenvalue weighted by atomic mass is 32.2. The minimum Gasteiger partial charge on any atom is -0.481 e. The average Bonchev–Trinajstić information content (AvgIpc) is 2.75. The summed E-state index contributed by atoms with van der Waals surface area (Å²) in [6.07, 6.45) is 2.29. The zero-order valence-electron chi connectivity index (χ0n) is 17.7. The Balaban J connectivity index is 0.000000376. The third kappa shape index (κ3) is 9.52. The van der Waals surface area contributed by atoms with E-state index in [1.165, 1.54) is 33.8 Å². The van der Waals surface area contributed by atoms with Gasteiger partial charge in [-0.15, -0.1) is 0 Å². The number of aliphatic carboxylic acids is 2. The molecular weight excluding hydrogens is 416 g/mol. The quantitative estimate of drug-likeness (QED) is 0.509. The van der Waals surface area contributed by atoms with Gasteiger partial charge in [0.25, 0.3) is 0 Å². The molecule has 0 aromatic heterocycles. The zero-order valence-corrected chi connectivity index (χ0v) is 18.5. The van der Waals surface area contributed by atoms with Crippen molar-refractivity contribution in [1.29, 1.82) is 0 Å². The summed E-state index contributed by atoms with van der Waals surface area (Å²) >= 11 is 1.90. The van der Waals surface area contributed by atoms with E-state index in [1.807, 2.05) is 11.8 Å². The lowest BCUT2D eigenvalue weighted by molar-refractivity contribution is -0.139. The van der Waals surface area contributed by atoms with Gasteiger partial charge in [0.2, 0.25) is 0 Å². The molecule has 0 bridgehead atoms. The summed E-state index contributed by atoms with van der Waals surface area (Å²) in [4.78, 5) is 22.6. The Hall–Kier alpha value is -2.39. The van der Waals surface area contributed by atoms with Crippen molar-refractivity contribution in [1.82, 2.24) is 5.32 Å². The van der Waals surface area contributed by atoms with Crippen LogP contribution >= 0.6 is 11.8 Å². The molecule has 1 heterocycles. The van der Waals surface area contributed by atoms with Crippen molar-refractivity contribution in [2.45, 2.75) is 54.4 Å². The number of rotatable bonds is 7. The number of hydrogen-bond donors (Lipinski definition) is 4. The maximum Gasteiger partial charge on any atom is 0.320 e. The van der Waals surface area contributed by atoms with Crippen LogP contribution < -0.4 is 11.1 Å². The maximum atomic E-state index is 9.99. The fraction of sp³-hybridized carbons (Fsp3) is 0.391. The van der Waals surface area contributed by atoms with E-state index >= 15 is 0 Å². The molecule has 0 radical (unpaired) electrons. The topological polar surface area (TPSA) is 144 Å². The van der Waals surface area contributed by atoms with Crippen LogP contribution in [0.1, 0.15) is 42.7 Å². The van der Waals surface area contributed by atoms with E-state index in [1.54, 1.807) is 0 Å². The first-order valence-corrected chi connectivity index (χ1v) is 10.9. The molecule has 1 saturated heterocycles. The summed E-state index contributed by atoms with van der Waals surface area (Å²) in [7, 11) is 0. The Bertz CT molecular complexity index is 823. The second-order valence-corrected chi connectivity index (χ2v) is 8.47. The highest BCUT2D eigenvalue weighted by Crippen LogP contribution is 2.36. The fourth-order valence-corrected chi connectivity index (χ4v) is 4.20. The Kier molecular flexibility index (Phi) is 11.9. The summed E-state index contributed by atoms with van der Waals surface area (Å²) < 4.78 is 0. The lowest BCUT2D eigenvalue weighted by atomic mass is 9.90. The first-order chi connectivity index (χ1) is 14.4. The zero-order chi connectivity index (χ0) is 21.9. The van der Waals surface area contributed by atoms with Gasteiger partial charge in [0.1, 0.15) is 6.04 Å². The number of aryl methyl sites for hydroxylation is 1. The van der Waals surface area contributed by atoms with E-state index in [4.69, 9.17) is 15.9 Å². The molecule has 7 N–H and O–H groups in total. The van der Waals surface area contributed by atoms with E-state index in [0.29, 0.717) is 5.92 Å². The highest BCUT2D eigenvalue weighted by molar-refractivity contribution is 7.99. The molecule has 0 unspecified atom stereocenters. The molecule has 7 nitrogen and oxygen atoms in total. The maximum absolute atomic E-state index is 9.99. The molecule has 0 amide bonds. The Morgan fingerprint density at radius 1 is 1.10 bits per heavy atom. The van der Waals surface area contributed by atoms with E-state index in [-0.39, 0.29) is 18.3 Å². The van der Waals surface area contributed by atoms with E-state index in [0.717, 1.165) is 13.1 Å². The number of nitrogens with one attached hydrogen (secondary N) is 1. The van der Waals surface area contributed by atoms with Gasteiger partial charge < -0.3 is 26.7 Å². The molecule has 1 atom stereocenters. The number of hydrogen-bond acceptors (Lipinski definition) is 5. The van der Waals surface area contributed by atoms with Gasteiger partial charge in [0, 0.05) is 16.2 Å². The highest BCUT2D eigenvalue weighted by Gasteiger charge is 2.18. The molecule has 0 spiro atoms. The van der Waals surface area contributed by atoms with Crippen molar-refractivity contribution in [3.8, 4) is 0 Å². The van der Waals surface area contributed by atoms with Crippen LogP contribution in [-0.2, 0) is 9.59 Å². The van der Waals surface area contributed by atoms with Crippen LogP contribution in [0.3, 0.4) is 0 Å². The standard InChI is InChI=1S/C18H21NS.C5H9NO4.H2O/c1-14-6-8-16(9-7-14)20-18-5-3-2-4-17(18)15-10-12-19-13-11-15;6-3(5(9)10)1-2-4(7)8;/h2-9,15,19H,10-13H2,1H3;3H,1-2,6H2,(H,7,8)(H,9,10);1H2/t;3-;/m.0./s1. The fourth-order valence-electron chi connectivity index (χ4n) is 3.18. The average molecular weight is 449 g/mol. The lowest BCUT2D eigenvalue weighted by Crippen LogP contribution is -2.30. The number of nitrogens with two attached hydrogens (primary N) is 1. The van der Waals surface area contributed by atoms with Crippen molar-refractivity contribution < 1.29 is 25.3 Å².